The van der Waals surface area contributed by atoms with Gasteiger partial charge in [-0.25, -0.2) is 0 Å². The number of nitrogens with zero attached hydrogens (tertiary/aromatic N) is 3. The van der Waals surface area contributed by atoms with Crippen molar-refractivity contribution in [2.45, 2.75) is 19.3 Å². The molecule has 0 aromatic rings. The summed E-state index contributed by atoms with van der Waals surface area (Å²) in [6.07, 6.45) is 2.78. The van der Waals surface area contributed by atoms with E-state index in [1.807, 2.05) is 0 Å². The lowest BCUT2D eigenvalue weighted by molar-refractivity contribution is 0.158. The van der Waals surface area contributed by atoms with E-state index in [2.05, 4.69) is 16.1 Å². The summed E-state index contributed by atoms with van der Waals surface area (Å²) in [5.41, 5.74) is 0. The number of fused-ring (bicyclic) bond motifs is 3. The van der Waals surface area contributed by atoms with Crippen LogP contribution >= 0.6 is 0 Å². The van der Waals surface area contributed by atoms with Gasteiger partial charge in [-0.15, -0.1) is 0 Å². The van der Waals surface area contributed by atoms with E-state index in [1.165, 1.54) is 0 Å². The Labute approximate surface area is 77.4 Å². The first kappa shape index (κ1) is 8.36. The second-order valence-corrected chi connectivity index (χ2v) is 3.75. The van der Waals surface area contributed by atoms with Crippen LogP contribution in [0.2, 0.25) is 0 Å². The van der Waals surface area contributed by atoms with E-state index in [4.69, 9.17) is 10.5 Å². The van der Waals surface area contributed by atoms with E-state index >= 15 is 0 Å². The first-order chi connectivity index (χ1) is 6.36. The highest BCUT2D eigenvalue weighted by Gasteiger charge is 2.39. The highest BCUT2D eigenvalue weighted by molar-refractivity contribution is 5.86. The zero-order chi connectivity index (χ0) is 9.26. The highest BCUT2D eigenvalue weighted by atomic mass is 16.4. The third-order valence-electron chi connectivity index (χ3n) is 3.18. The molecule has 70 valence electrons. The van der Waals surface area contributed by atoms with Gasteiger partial charge in [0.1, 0.15) is 5.84 Å². The zero-order valence-corrected chi connectivity index (χ0v) is 7.48. The van der Waals surface area contributed by atoms with Crippen molar-refractivity contribution in [3.8, 4) is 6.07 Å². The average molecular weight is 179 g/mol. The summed E-state index contributed by atoms with van der Waals surface area (Å²) in [5.74, 6) is 1.48. The molecule has 3 aliphatic rings. The van der Waals surface area contributed by atoms with Crippen molar-refractivity contribution in [3.05, 3.63) is 0 Å². The van der Waals surface area contributed by atoms with Crippen molar-refractivity contribution in [1.29, 1.82) is 5.26 Å². The van der Waals surface area contributed by atoms with Crippen LogP contribution in [0.3, 0.4) is 0 Å². The molecule has 3 fully saturated rings. The van der Waals surface area contributed by atoms with E-state index in [-0.39, 0.29) is 5.92 Å². The van der Waals surface area contributed by atoms with Gasteiger partial charge in [0.25, 0.3) is 0 Å². The van der Waals surface area contributed by atoms with Crippen LogP contribution in [0.15, 0.2) is 5.16 Å². The van der Waals surface area contributed by atoms with Crippen molar-refractivity contribution in [3.63, 3.8) is 0 Å². The number of nitriles is 1. The van der Waals surface area contributed by atoms with Gasteiger partial charge in [0, 0.05) is 25.4 Å². The third-order valence-corrected chi connectivity index (χ3v) is 3.18. The molecule has 2 bridgehead atoms. The topological polar surface area (TPSA) is 59.6 Å². The van der Waals surface area contributed by atoms with E-state index in [9.17, 15) is 0 Å². The minimum Gasteiger partial charge on any atom is -0.409 e. The molecule has 0 aromatic heterocycles. The number of oxime groups is 1. The molecule has 1 atom stereocenters. The van der Waals surface area contributed by atoms with E-state index in [0.717, 1.165) is 31.8 Å². The fraction of sp³-hybridized carbons (Fsp3) is 0.778. The summed E-state index contributed by atoms with van der Waals surface area (Å²) in [7, 11) is 0. The molecule has 3 aliphatic heterocycles. The van der Waals surface area contributed by atoms with Crippen molar-refractivity contribution >= 4 is 5.84 Å². The maximum absolute atomic E-state index is 8.85. The normalized spacial score (nSPS) is 35.0. The van der Waals surface area contributed by atoms with Gasteiger partial charge in [-0.05, 0) is 18.8 Å². The molecule has 13 heavy (non-hydrogen) atoms. The zero-order valence-electron chi connectivity index (χ0n) is 7.48. The molecule has 0 aliphatic carbocycles. The minimum atomic E-state index is 0.178. The summed E-state index contributed by atoms with van der Waals surface area (Å²) in [4.78, 5) is 2.10. The van der Waals surface area contributed by atoms with Gasteiger partial charge in [-0.2, -0.15) is 5.26 Å². The summed E-state index contributed by atoms with van der Waals surface area (Å²) in [6, 6.07) is 2.17. The predicted octanol–water partition coefficient (Wildman–Crippen LogP) is 1.03. The Balaban J connectivity index is 2.20. The van der Waals surface area contributed by atoms with Crippen LogP contribution < -0.4 is 0 Å². The van der Waals surface area contributed by atoms with Gasteiger partial charge in [0.2, 0.25) is 0 Å². The maximum atomic E-state index is 8.85. The van der Waals surface area contributed by atoms with Gasteiger partial charge < -0.3 is 10.1 Å². The first-order valence-electron chi connectivity index (χ1n) is 4.70. The molecule has 3 saturated heterocycles. The Kier molecular flexibility index (Phi) is 2.09. The summed E-state index contributed by atoms with van der Waals surface area (Å²) in [5, 5.41) is 20.8. The molecule has 0 saturated carbocycles. The largest absolute Gasteiger partial charge is 0.409 e. The molecular formula is C9H13N3O. The SMILES string of the molecule is N#CCC1C(=NO)N2CCC1CC2. The van der Waals surface area contributed by atoms with Gasteiger partial charge in [0.15, 0.2) is 0 Å². The molecule has 1 N–H and O–H groups in total. The maximum Gasteiger partial charge on any atom is 0.148 e. The average Bonchev–Trinajstić information content (AvgIpc) is 2.20. The lowest BCUT2D eigenvalue weighted by Crippen LogP contribution is -2.51. The van der Waals surface area contributed by atoms with Gasteiger partial charge in [-0.1, -0.05) is 5.16 Å². The Morgan fingerprint density at radius 3 is 2.77 bits per heavy atom. The fourth-order valence-electron chi connectivity index (χ4n) is 2.47. The quantitative estimate of drug-likeness (QED) is 0.483. The molecule has 4 heteroatoms. The van der Waals surface area contributed by atoms with Crippen LogP contribution in [0.25, 0.3) is 0 Å². The summed E-state index contributed by atoms with van der Waals surface area (Å²) in [6.45, 7) is 1.98. The number of rotatable bonds is 1. The van der Waals surface area contributed by atoms with Gasteiger partial charge in [0.05, 0.1) is 6.07 Å². The van der Waals surface area contributed by atoms with Crippen molar-refractivity contribution < 1.29 is 5.21 Å². The van der Waals surface area contributed by atoms with Crippen molar-refractivity contribution in [1.82, 2.24) is 4.90 Å². The molecule has 0 radical (unpaired) electrons. The van der Waals surface area contributed by atoms with Crippen LogP contribution in [0.1, 0.15) is 19.3 Å². The molecule has 4 nitrogen and oxygen atoms in total. The molecule has 3 rings (SSSR count). The van der Waals surface area contributed by atoms with Crippen LogP contribution in [-0.2, 0) is 0 Å². The number of piperidine rings is 3. The summed E-state index contributed by atoms with van der Waals surface area (Å²) >= 11 is 0. The fourth-order valence-corrected chi connectivity index (χ4v) is 2.47. The Morgan fingerprint density at radius 1 is 1.54 bits per heavy atom. The predicted molar refractivity (Wildman–Crippen MR) is 47.2 cm³/mol. The second kappa shape index (κ2) is 3.25. The lowest BCUT2D eigenvalue weighted by atomic mass is 9.77. The third kappa shape index (κ3) is 1.24. The highest BCUT2D eigenvalue weighted by Crippen LogP contribution is 2.35. The summed E-state index contributed by atoms with van der Waals surface area (Å²) < 4.78 is 0. The van der Waals surface area contributed by atoms with Gasteiger partial charge in [-0.3, -0.25) is 0 Å². The van der Waals surface area contributed by atoms with Gasteiger partial charge >= 0.3 is 0 Å². The molecule has 3 heterocycles. The first-order valence-corrected chi connectivity index (χ1v) is 4.70. The molecule has 0 amide bonds. The monoisotopic (exact) mass is 179 g/mol. The van der Waals surface area contributed by atoms with Crippen LogP contribution in [0.4, 0.5) is 0 Å². The van der Waals surface area contributed by atoms with Crippen LogP contribution in [-0.4, -0.2) is 29.0 Å². The minimum absolute atomic E-state index is 0.178. The standard InChI is InChI=1S/C9H13N3O/c10-4-1-8-7-2-5-12(6-3-7)9(8)11-13/h7-8,13H,1-3,5-6H2. The second-order valence-electron chi connectivity index (χ2n) is 3.75. The van der Waals surface area contributed by atoms with Crippen LogP contribution in [0.5, 0.6) is 0 Å². The molecule has 0 spiro atoms. The van der Waals surface area contributed by atoms with E-state index in [1.54, 1.807) is 0 Å². The van der Waals surface area contributed by atoms with E-state index in [0.29, 0.717) is 12.3 Å². The number of hydrogen-bond acceptors (Lipinski definition) is 3. The van der Waals surface area contributed by atoms with Crippen LogP contribution in [0, 0.1) is 23.2 Å². The molecule has 1 unspecified atom stereocenters. The van der Waals surface area contributed by atoms with E-state index < -0.39 is 0 Å². The molecule has 0 aromatic carbocycles. The van der Waals surface area contributed by atoms with Crippen molar-refractivity contribution in [2.24, 2.45) is 17.0 Å². The Bertz CT molecular complexity index is 261. The smallest absolute Gasteiger partial charge is 0.148 e. The number of hydrogen-bond donors (Lipinski definition) is 1. The molecular weight excluding hydrogens is 166 g/mol. The van der Waals surface area contributed by atoms with Crippen molar-refractivity contribution in [2.75, 3.05) is 13.1 Å². The number of amidine groups is 1. The lowest BCUT2D eigenvalue weighted by Gasteiger charge is -2.45. The Morgan fingerprint density at radius 2 is 2.23 bits per heavy atom. The Hall–Kier alpha value is -1.24.